The van der Waals surface area contributed by atoms with Crippen LogP contribution in [0.15, 0.2) is 16.7 Å². The lowest BCUT2D eigenvalue weighted by Gasteiger charge is -2.11. The number of hydrogen-bond donors (Lipinski definition) is 0. The standard InChI is InChI=1S/C9H9BrN2O5/c1-5(9(13)16-2)17-8-6(12(14)15)3-4-7(10)11-8/h3-5H,1-2H3. The van der Waals surface area contributed by atoms with Crippen LogP contribution in [-0.4, -0.2) is 29.1 Å². The molecule has 0 amide bonds. The minimum absolute atomic E-state index is 0.234. The van der Waals surface area contributed by atoms with Gasteiger partial charge in [0, 0.05) is 6.07 Å². The van der Waals surface area contributed by atoms with E-state index in [1.807, 2.05) is 0 Å². The van der Waals surface area contributed by atoms with Crippen molar-refractivity contribution in [2.24, 2.45) is 0 Å². The van der Waals surface area contributed by atoms with E-state index >= 15 is 0 Å². The molecule has 8 heteroatoms. The van der Waals surface area contributed by atoms with Crippen LogP contribution in [0.25, 0.3) is 0 Å². The SMILES string of the molecule is COC(=O)C(C)Oc1nc(Br)ccc1[N+](=O)[O-]. The number of pyridine rings is 1. The van der Waals surface area contributed by atoms with E-state index in [1.165, 1.54) is 26.2 Å². The average molecular weight is 305 g/mol. The molecule has 0 saturated heterocycles. The number of aromatic nitrogens is 1. The maximum absolute atomic E-state index is 11.1. The Hall–Kier alpha value is -1.70. The fourth-order valence-corrected chi connectivity index (χ4v) is 1.31. The molecule has 0 fully saturated rings. The Morgan fingerprint density at radius 1 is 1.59 bits per heavy atom. The first kappa shape index (κ1) is 13.4. The van der Waals surface area contributed by atoms with Crippen LogP contribution < -0.4 is 4.74 Å². The number of nitro groups is 1. The fourth-order valence-electron chi connectivity index (χ4n) is 1.02. The third-order valence-corrected chi connectivity index (χ3v) is 2.27. The zero-order chi connectivity index (χ0) is 13.0. The van der Waals surface area contributed by atoms with Gasteiger partial charge in [-0.3, -0.25) is 10.1 Å². The first-order valence-electron chi connectivity index (χ1n) is 4.51. The van der Waals surface area contributed by atoms with E-state index in [0.29, 0.717) is 4.60 Å². The number of halogens is 1. The molecule has 17 heavy (non-hydrogen) atoms. The normalized spacial score (nSPS) is 11.7. The zero-order valence-corrected chi connectivity index (χ0v) is 10.6. The molecule has 0 spiro atoms. The Balaban J connectivity index is 3.00. The van der Waals surface area contributed by atoms with Gasteiger partial charge in [-0.25, -0.2) is 9.78 Å². The molecule has 1 unspecified atom stereocenters. The second-order valence-electron chi connectivity index (χ2n) is 3.00. The van der Waals surface area contributed by atoms with Crippen LogP contribution in [0, 0.1) is 10.1 Å². The molecule has 0 aliphatic heterocycles. The van der Waals surface area contributed by atoms with Gasteiger partial charge in [0.2, 0.25) is 0 Å². The molecule has 0 bridgehead atoms. The molecule has 1 aromatic rings. The van der Waals surface area contributed by atoms with Crippen LogP contribution in [0.1, 0.15) is 6.92 Å². The van der Waals surface area contributed by atoms with Crippen molar-refractivity contribution in [3.63, 3.8) is 0 Å². The van der Waals surface area contributed by atoms with E-state index in [0.717, 1.165) is 0 Å². The van der Waals surface area contributed by atoms with Gasteiger partial charge in [-0.1, -0.05) is 0 Å². The summed E-state index contributed by atoms with van der Waals surface area (Å²) in [5, 5.41) is 10.7. The summed E-state index contributed by atoms with van der Waals surface area (Å²) in [5.74, 6) is -0.872. The van der Waals surface area contributed by atoms with Crippen molar-refractivity contribution >= 4 is 27.6 Å². The Morgan fingerprint density at radius 2 is 2.24 bits per heavy atom. The molecular formula is C9H9BrN2O5. The van der Waals surface area contributed by atoms with E-state index in [-0.39, 0.29) is 11.6 Å². The van der Waals surface area contributed by atoms with Gasteiger partial charge in [-0.2, -0.15) is 0 Å². The lowest BCUT2D eigenvalue weighted by molar-refractivity contribution is -0.386. The lowest BCUT2D eigenvalue weighted by Crippen LogP contribution is -2.25. The highest BCUT2D eigenvalue weighted by atomic mass is 79.9. The first-order chi connectivity index (χ1) is 7.95. The monoisotopic (exact) mass is 304 g/mol. The first-order valence-corrected chi connectivity index (χ1v) is 5.30. The van der Waals surface area contributed by atoms with E-state index in [2.05, 4.69) is 25.7 Å². The second kappa shape index (κ2) is 5.58. The summed E-state index contributed by atoms with van der Waals surface area (Å²) in [7, 11) is 1.20. The molecular weight excluding hydrogens is 296 g/mol. The summed E-state index contributed by atoms with van der Waals surface area (Å²) in [6.07, 6.45) is -0.972. The average Bonchev–Trinajstić information content (AvgIpc) is 2.27. The van der Waals surface area contributed by atoms with Crippen molar-refractivity contribution in [1.82, 2.24) is 4.98 Å². The quantitative estimate of drug-likeness (QED) is 0.364. The third kappa shape index (κ3) is 3.38. The van der Waals surface area contributed by atoms with Gasteiger partial charge in [0.25, 0.3) is 5.88 Å². The Bertz CT molecular complexity index is 451. The summed E-state index contributed by atoms with van der Waals surface area (Å²) >= 11 is 3.06. The second-order valence-corrected chi connectivity index (χ2v) is 3.81. The van der Waals surface area contributed by atoms with Crippen LogP contribution in [0.5, 0.6) is 5.88 Å². The molecule has 0 N–H and O–H groups in total. The van der Waals surface area contributed by atoms with Crippen molar-refractivity contribution in [2.75, 3.05) is 7.11 Å². The number of carbonyl (C=O) groups excluding carboxylic acids is 1. The minimum atomic E-state index is -0.972. The number of methoxy groups -OCH3 is 1. The van der Waals surface area contributed by atoms with Crippen LogP contribution in [0.4, 0.5) is 5.69 Å². The predicted octanol–water partition coefficient (Wildman–Crippen LogP) is 1.69. The van der Waals surface area contributed by atoms with E-state index < -0.39 is 17.0 Å². The largest absolute Gasteiger partial charge is 0.466 e. The molecule has 1 aromatic heterocycles. The van der Waals surface area contributed by atoms with Gasteiger partial charge in [0.15, 0.2) is 6.10 Å². The van der Waals surface area contributed by atoms with E-state index in [1.54, 1.807) is 0 Å². The summed E-state index contributed by atoms with van der Waals surface area (Å²) in [5.41, 5.74) is -0.316. The highest BCUT2D eigenvalue weighted by Gasteiger charge is 2.23. The molecule has 1 heterocycles. The Kier molecular flexibility index (Phi) is 4.38. The molecule has 0 aliphatic carbocycles. The summed E-state index contributed by atoms with van der Waals surface area (Å²) in [4.78, 5) is 25.0. The molecule has 0 saturated carbocycles. The molecule has 0 radical (unpaired) electrons. The van der Waals surface area contributed by atoms with Crippen LogP contribution in [-0.2, 0) is 9.53 Å². The number of carbonyl (C=O) groups is 1. The molecule has 1 rings (SSSR count). The number of nitrogens with zero attached hydrogens (tertiary/aromatic N) is 2. The maximum Gasteiger partial charge on any atom is 0.346 e. The Morgan fingerprint density at radius 3 is 2.76 bits per heavy atom. The van der Waals surface area contributed by atoms with Gasteiger partial charge in [-0.05, 0) is 28.9 Å². The smallest absolute Gasteiger partial charge is 0.346 e. The Labute approximate surface area is 105 Å². The van der Waals surface area contributed by atoms with E-state index in [4.69, 9.17) is 4.74 Å². The van der Waals surface area contributed by atoms with Crippen molar-refractivity contribution in [3.05, 3.63) is 26.9 Å². The predicted molar refractivity (Wildman–Crippen MR) is 60.7 cm³/mol. The van der Waals surface area contributed by atoms with Crippen LogP contribution >= 0.6 is 15.9 Å². The van der Waals surface area contributed by atoms with Gasteiger partial charge >= 0.3 is 11.7 Å². The lowest BCUT2D eigenvalue weighted by atomic mass is 10.4. The van der Waals surface area contributed by atoms with Crippen molar-refractivity contribution in [3.8, 4) is 5.88 Å². The number of esters is 1. The molecule has 92 valence electrons. The molecule has 7 nitrogen and oxygen atoms in total. The number of hydrogen-bond acceptors (Lipinski definition) is 6. The van der Waals surface area contributed by atoms with Crippen molar-refractivity contribution < 1.29 is 19.2 Å². The van der Waals surface area contributed by atoms with Crippen LogP contribution in [0.3, 0.4) is 0 Å². The molecule has 0 aromatic carbocycles. The van der Waals surface area contributed by atoms with Crippen LogP contribution in [0.2, 0.25) is 0 Å². The van der Waals surface area contributed by atoms with Crippen molar-refractivity contribution in [2.45, 2.75) is 13.0 Å². The summed E-state index contributed by atoms with van der Waals surface area (Å²) in [6, 6.07) is 2.64. The number of rotatable bonds is 4. The molecule has 1 atom stereocenters. The third-order valence-electron chi connectivity index (χ3n) is 1.82. The minimum Gasteiger partial charge on any atom is -0.466 e. The fraction of sp³-hybridized carbons (Fsp3) is 0.333. The highest BCUT2D eigenvalue weighted by molar-refractivity contribution is 9.10. The summed E-state index contributed by atoms with van der Waals surface area (Å²) in [6.45, 7) is 1.41. The van der Waals surface area contributed by atoms with Gasteiger partial charge in [-0.15, -0.1) is 0 Å². The topological polar surface area (TPSA) is 91.6 Å². The molecule has 0 aliphatic rings. The maximum atomic E-state index is 11.1. The van der Waals surface area contributed by atoms with Gasteiger partial charge in [0.1, 0.15) is 4.60 Å². The highest BCUT2D eigenvalue weighted by Crippen LogP contribution is 2.27. The zero-order valence-electron chi connectivity index (χ0n) is 9.05. The van der Waals surface area contributed by atoms with Crippen molar-refractivity contribution in [1.29, 1.82) is 0 Å². The van der Waals surface area contributed by atoms with Gasteiger partial charge in [0.05, 0.1) is 12.0 Å². The van der Waals surface area contributed by atoms with E-state index in [9.17, 15) is 14.9 Å². The number of ether oxygens (including phenoxy) is 2. The summed E-state index contributed by atoms with van der Waals surface area (Å²) < 4.78 is 9.89. The van der Waals surface area contributed by atoms with Gasteiger partial charge < -0.3 is 9.47 Å².